The third-order valence-electron chi connectivity index (χ3n) is 8.60. The highest BCUT2D eigenvalue weighted by Gasteiger charge is 2.40. The van der Waals surface area contributed by atoms with Gasteiger partial charge in [0.05, 0.1) is 17.9 Å². The van der Waals surface area contributed by atoms with E-state index in [1.54, 1.807) is 11.3 Å². The van der Waals surface area contributed by atoms with Crippen LogP contribution in [-0.4, -0.2) is 37.1 Å². The van der Waals surface area contributed by atoms with Crippen molar-refractivity contribution < 1.29 is 27.8 Å². The molecule has 2 aliphatic rings. The minimum atomic E-state index is -2.91. The van der Waals surface area contributed by atoms with Crippen molar-refractivity contribution in [2.45, 2.75) is 63.6 Å². The van der Waals surface area contributed by atoms with E-state index >= 15 is 0 Å². The molecule has 0 spiro atoms. The number of aliphatic carboxylic acids is 1. The van der Waals surface area contributed by atoms with Gasteiger partial charge in [-0.15, -0.1) is 11.3 Å². The maximum absolute atomic E-state index is 11.7. The topological polar surface area (TPSA) is 89.9 Å². The maximum atomic E-state index is 11.7. The number of benzene rings is 3. The zero-order valence-corrected chi connectivity index (χ0v) is 24.7. The van der Waals surface area contributed by atoms with Gasteiger partial charge in [0.15, 0.2) is 9.84 Å². The van der Waals surface area contributed by atoms with Gasteiger partial charge in [-0.05, 0) is 96.6 Å². The molecule has 0 atom stereocenters. The van der Waals surface area contributed by atoms with Crippen LogP contribution >= 0.6 is 11.3 Å². The van der Waals surface area contributed by atoms with Gasteiger partial charge in [0, 0.05) is 21.1 Å². The van der Waals surface area contributed by atoms with E-state index < -0.39 is 15.8 Å². The summed E-state index contributed by atoms with van der Waals surface area (Å²) in [7, 11) is -2.91. The molecule has 0 radical (unpaired) electrons. The highest BCUT2D eigenvalue weighted by molar-refractivity contribution is 7.91. The number of hydrogen-bond donors (Lipinski definition) is 1. The average molecular weight is 591 g/mol. The minimum absolute atomic E-state index is 0.0615. The number of aryl methyl sites for hydroxylation is 1. The molecule has 1 aromatic heterocycles. The molecule has 0 unspecified atom stereocenters. The van der Waals surface area contributed by atoms with Gasteiger partial charge in [0.1, 0.15) is 24.2 Å². The zero-order valence-electron chi connectivity index (χ0n) is 23.1. The molecule has 4 aromatic rings. The lowest BCUT2D eigenvalue weighted by atomic mass is 9.62. The monoisotopic (exact) mass is 590 g/mol. The van der Waals surface area contributed by atoms with Crippen LogP contribution in [0.25, 0.3) is 21.2 Å². The molecule has 2 heterocycles. The predicted molar refractivity (Wildman–Crippen MR) is 163 cm³/mol. The van der Waals surface area contributed by atoms with Gasteiger partial charge < -0.3 is 14.6 Å². The number of fused-ring (bicyclic) bond motifs is 1. The van der Waals surface area contributed by atoms with E-state index in [4.69, 9.17) is 9.47 Å². The van der Waals surface area contributed by atoms with Gasteiger partial charge in [-0.25, -0.2) is 8.42 Å². The Morgan fingerprint density at radius 1 is 0.976 bits per heavy atom. The molecule has 0 bridgehead atoms. The highest BCUT2D eigenvalue weighted by atomic mass is 32.2. The number of carbonyl (C=O) groups is 1. The van der Waals surface area contributed by atoms with Gasteiger partial charge in [-0.1, -0.05) is 30.7 Å². The van der Waals surface area contributed by atoms with E-state index in [1.165, 1.54) is 15.6 Å². The molecule has 41 heavy (non-hydrogen) atoms. The normalized spacial score (nSPS) is 18.1. The summed E-state index contributed by atoms with van der Waals surface area (Å²) in [6.07, 6.45) is 4.12. The molecule has 1 saturated heterocycles. The van der Waals surface area contributed by atoms with Gasteiger partial charge in [-0.2, -0.15) is 0 Å². The smallest absolute Gasteiger partial charge is 0.304 e. The third kappa shape index (κ3) is 5.99. The first-order valence-corrected chi connectivity index (χ1v) is 16.8. The van der Waals surface area contributed by atoms with Crippen molar-refractivity contribution in [2.24, 2.45) is 0 Å². The van der Waals surface area contributed by atoms with E-state index in [2.05, 4.69) is 36.6 Å². The van der Waals surface area contributed by atoms with Crippen molar-refractivity contribution in [3.63, 3.8) is 0 Å². The van der Waals surface area contributed by atoms with Crippen LogP contribution in [0.5, 0.6) is 11.5 Å². The fourth-order valence-electron chi connectivity index (χ4n) is 6.10. The van der Waals surface area contributed by atoms with Crippen molar-refractivity contribution in [1.82, 2.24) is 0 Å². The zero-order chi connectivity index (χ0) is 28.6. The number of carboxylic acids is 1. The molecular formula is C33H34O6S2. The number of ether oxygens (including phenoxy) is 2. The van der Waals surface area contributed by atoms with Crippen LogP contribution in [0.3, 0.4) is 0 Å². The molecule has 8 heteroatoms. The van der Waals surface area contributed by atoms with Crippen LogP contribution in [-0.2, 0) is 26.7 Å². The Balaban J connectivity index is 1.14. The summed E-state index contributed by atoms with van der Waals surface area (Å²) >= 11 is 1.72. The van der Waals surface area contributed by atoms with Gasteiger partial charge >= 0.3 is 5.97 Å². The van der Waals surface area contributed by atoms with Crippen LogP contribution in [0.2, 0.25) is 0 Å². The standard InChI is InChI=1S/C33H34O6S2/c1-22-17-27(39-26-11-15-41(36,37)16-12-26)8-9-28(22)30-21-40-31-10-3-23(18-29(30)31)20-38-25-6-4-24(5-7-25)33(13-2-14-33)19-32(34)35/h3-10,17-18,21,26H,2,11-16,19-20H2,1H3,(H,34,35). The Bertz CT molecular complexity index is 1670. The average Bonchev–Trinajstić information content (AvgIpc) is 3.34. The van der Waals surface area contributed by atoms with E-state index in [0.29, 0.717) is 19.4 Å². The summed E-state index contributed by atoms with van der Waals surface area (Å²) in [6, 6.07) is 20.5. The summed E-state index contributed by atoms with van der Waals surface area (Å²) in [4.78, 5) is 11.4. The van der Waals surface area contributed by atoms with Crippen molar-refractivity contribution in [3.8, 4) is 22.6 Å². The Morgan fingerprint density at radius 3 is 2.37 bits per heavy atom. The lowest BCUT2D eigenvalue weighted by Gasteiger charge is -2.41. The van der Waals surface area contributed by atoms with Crippen molar-refractivity contribution in [3.05, 3.63) is 82.7 Å². The highest BCUT2D eigenvalue weighted by Crippen LogP contribution is 2.47. The molecule has 2 fully saturated rings. The largest absolute Gasteiger partial charge is 0.490 e. The Labute approximate surface area is 244 Å². The third-order valence-corrected chi connectivity index (χ3v) is 11.3. The first-order chi connectivity index (χ1) is 19.7. The molecule has 6 nitrogen and oxygen atoms in total. The number of hydrogen-bond acceptors (Lipinski definition) is 6. The van der Waals surface area contributed by atoms with Gasteiger partial charge in [-0.3, -0.25) is 4.79 Å². The Hall–Kier alpha value is -3.36. The van der Waals surface area contributed by atoms with E-state index in [-0.39, 0.29) is 29.4 Å². The van der Waals surface area contributed by atoms with E-state index in [1.807, 2.05) is 36.4 Å². The van der Waals surface area contributed by atoms with Gasteiger partial charge in [0.25, 0.3) is 0 Å². The number of thiophene rings is 1. The molecule has 1 aliphatic carbocycles. The van der Waals surface area contributed by atoms with Crippen LogP contribution in [0.15, 0.2) is 66.0 Å². The lowest BCUT2D eigenvalue weighted by molar-refractivity contribution is -0.139. The quantitative estimate of drug-likeness (QED) is 0.220. The van der Waals surface area contributed by atoms with Crippen molar-refractivity contribution in [1.29, 1.82) is 0 Å². The number of rotatable bonds is 9. The van der Waals surface area contributed by atoms with Crippen molar-refractivity contribution >= 4 is 37.2 Å². The van der Waals surface area contributed by atoms with Crippen LogP contribution in [0, 0.1) is 6.92 Å². The molecule has 3 aromatic carbocycles. The second-order valence-corrected chi connectivity index (χ2v) is 14.7. The van der Waals surface area contributed by atoms with Gasteiger partial charge in [0.2, 0.25) is 0 Å². The second-order valence-electron chi connectivity index (χ2n) is 11.4. The fourth-order valence-corrected chi connectivity index (χ4v) is 8.49. The molecule has 6 rings (SSSR count). The maximum Gasteiger partial charge on any atom is 0.304 e. The lowest BCUT2D eigenvalue weighted by Crippen LogP contribution is -2.36. The molecule has 1 N–H and O–H groups in total. The summed E-state index contributed by atoms with van der Waals surface area (Å²) in [5.41, 5.74) is 5.36. The Morgan fingerprint density at radius 2 is 1.71 bits per heavy atom. The van der Waals surface area contributed by atoms with E-state index in [9.17, 15) is 18.3 Å². The Kier molecular flexibility index (Phi) is 7.55. The first-order valence-electron chi connectivity index (χ1n) is 14.1. The van der Waals surface area contributed by atoms with Crippen molar-refractivity contribution in [2.75, 3.05) is 11.5 Å². The molecule has 1 saturated carbocycles. The SMILES string of the molecule is Cc1cc(OC2CCS(=O)(=O)CC2)ccc1-c1csc2ccc(COc3ccc(C4(CC(=O)O)CCC4)cc3)cc12. The molecule has 1 aliphatic heterocycles. The summed E-state index contributed by atoms with van der Waals surface area (Å²) in [5.74, 6) is 1.19. The first kappa shape index (κ1) is 27.8. The minimum Gasteiger partial charge on any atom is -0.490 e. The summed E-state index contributed by atoms with van der Waals surface area (Å²) in [5, 5.41) is 12.7. The summed E-state index contributed by atoms with van der Waals surface area (Å²) in [6.45, 7) is 2.52. The number of sulfone groups is 1. The molecular weight excluding hydrogens is 556 g/mol. The van der Waals surface area contributed by atoms with Crippen LogP contribution in [0.4, 0.5) is 0 Å². The van der Waals surface area contributed by atoms with Crippen LogP contribution in [0.1, 0.15) is 55.2 Å². The van der Waals surface area contributed by atoms with E-state index in [0.717, 1.165) is 53.0 Å². The molecule has 0 amide bonds. The summed E-state index contributed by atoms with van der Waals surface area (Å²) < 4.78 is 36.9. The fraction of sp³-hybridized carbons (Fsp3) is 0.364. The van der Waals surface area contributed by atoms with Crippen LogP contribution < -0.4 is 9.47 Å². The molecule has 214 valence electrons. The second kappa shape index (κ2) is 11.1. The number of carboxylic acid groups (broad SMARTS) is 1. The predicted octanol–water partition coefficient (Wildman–Crippen LogP) is 7.31.